The molecule has 128 valence electrons. The minimum absolute atomic E-state index is 0. The van der Waals surface area contributed by atoms with Crippen LogP contribution in [0, 0.1) is 11.8 Å². The number of hydrogen-bond donors (Lipinski definition) is 3. The van der Waals surface area contributed by atoms with Crippen molar-refractivity contribution < 1.29 is 62.6 Å². The first-order chi connectivity index (χ1) is 10.6. The van der Waals surface area contributed by atoms with Crippen molar-refractivity contribution in [2.45, 2.75) is 24.5 Å². The SMILES string of the molecule is O=C(O)C1CCC(SOONCCSOO[O-])CC1C(=O)O.[Li+]. The quantitative estimate of drug-likeness (QED) is 0.112. The third-order valence-electron chi connectivity index (χ3n) is 3.07. The van der Waals surface area contributed by atoms with Crippen molar-refractivity contribution in [1.82, 2.24) is 5.48 Å². The zero-order chi connectivity index (χ0) is 16.4. The van der Waals surface area contributed by atoms with Crippen LogP contribution in [0.2, 0.25) is 0 Å². The van der Waals surface area contributed by atoms with Gasteiger partial charge in [0.2, 0.25) is 0 Å². The summed E-state index contributed by atoms with van der Waals surface area (Å²) < 4.78 is 8.84. The van der Waals surface area contributed by atoms with E-state index in [2.05, 4.69) is 19.8 Å². The van der Waals surface area contributed by atoms with Crippen LogP contribution < -0.4 is 29.6 Å². The Morgan fingerprint density at radius 3 is 2.48 bits per heavy atom. The molecular formula is C10H16LiNO9S2. The van der Waals surface area contributed by atoms with Crippen LogP contribution in [0.4, 0.5) is 0 Å². The molecule has 0 aromatic carbocycles. The molecule has 1 fully saturated rings. The zero-order valence-corrected chi connectivity index (χ0v) is 14.0. The number of nitrogens with one attached hydrogen (secondary N) is 1. The molecule has 0 spiro atoms. The number of hydroxylamine groups is 1. The van der Waals surface area contributed by atoms with Gasteiger partial charge < -0.3 is 15.5 Å². The Hall–Kier alpha value is -0.00260. The van der Waals surface area contributed by atoms with E-state index in [1.807, 2.05) is 0 Å². The summed E-state index contributed by atoms with van der Waals surface area (Å²) in [5, 5.41) is 30.5. The predicted molar refractivity (Wildman–Crippen MR) is 72.3 cm³/mol. The molecule has 0 radical (unpaired) electrons. The third-order valence-corrected chi connectivity index (χ3v) is 4.44. The van der Waals surface area contributed by atoms with Gasteiger partial charge in [-0.15, -0.1) is 9.32 Å². The van der Waals surface area contributed by atoms with Crippen LogP contribution in [-0.2, 0) is 28.3 Å². The zero-order valence-electron chi connectivity index (χ0n) is 12.3. The summed E-state index contributed by atoms with van der Waals surface area (Å²) in [7, 11) is 0. The Morgan fingerprint density at radius 2 is 1.87 bits per heavy atom. The smallest absolute Gasteiger partial charge is 0.691 e. The number of carboxylic acids is 2. The van der Waals surface area contributed by atoms with Gasteiger partial charge in [-0.3, -0.25) is 14.6 Å². The molecule has 0 aromatic heterocycles. The first kappa shape index (κ1) is 23.0. The Morgan fingerprint density at radius 1 is 1.17 bits per heavy atom. The van der Waals surface area contributed by atoms with Crippen LogP contribution in [0.5, 0.6) is 0 Å². The van der Waals surface area contributed by atoms with Crippen LogP contribution in [0.1, 0.15) is 19.3 Å². The molecule has 23 heavy (non-hydrogen) atoms. The van der Waals surface area contributed by atoms with Crippen molar-refractivity contribution in [3.05, 3.63) is 0 Å². The molecule has 3 N–H and O–H groups in total. The summed E-state index contributed by atoms with van der Waals surface area (Å²) in [4.78, 5) is 26.8. The third kappa shape index (κ3) is 9.16. The van der Waals surface area contributed by atoms with Crippen molar-refractivity contribution >= 4 is 36.0 Å². The average Bonchev–Trinajstić information content (AvgIpc) is 2.49. The fourth-order valence-corrected chi connectivity index (χ4v) is 3.06. The largest absolute Gasteiger partial charge is 1.00 e. The number of carbonyl (C=O) groups is 2. The van der Waals surface area contributed by atoms with Gasteiger partial charge in [-0.25, -0.2) is 0 Å². The molecular weight excluding hydrogens is 349 g/mol. The second kappa shape index (κ2) is 13.3. The molecule has 1 aliphatic rings. The van der Waals surface area contributed by atoms with Gasteiger partial charge in [0.25, 0.3) is 0 Å². The predicted octanol–water partition coefficient (Wildman–Crippen LogP) is -3.08. The van der Waals surface area contributed by atoms with E-state index < -0.39 is 23.8 Å². The van der Waals surface area contributed by atoms with Crippen molar-refractivity contribution in [1.29, 1.82) is 0 Å². The maximum Gasteiger partial charge on any atom is 1.00 e. The van der Waals surface area contributed by atoms with E-state index >= 15 is 0 Å². The maximum atomic E-state index is 11.1. The normalized spacial score (nSPS) is 24.0. The van der Waals surface area contributed by atoms with Crippen molar-refractivity contribution in [3.8, 4) is 0 Å². The molecule has 13 heteroatoms. The van der Waals surface area contributed by atoms with Crippen LogP contribution in [0.15, 0.2) is 0 Å². The van der Waals surface area contributed by atoms with E-state index in [0.717, 1.165) is 24.1 Å². The van der Waals surface area contributed by atoms with Gasteiger partial charge >= 0.3 is 30.8 Å². The number of hydrogen-bond acceptors (Lipinski definition) is 10. The summed E-state index contributed by atoms with van der Waals surface area (Å²) in [5.74, 6) is -3.62. The van der Waals surface area contributed by atoms with Gasteiger partial charge in [0, 0.05) is 41.6 Å². The Balaban J connectivity index is 0.00000484. The topological polar surface area (TPSA) is 147 Å². The van der Waals surface area contributed by atoms with E-state index in [1.165, 1.54) is 0 Å². The standard InChI is InChI=1S/C10H17NO9S2.Li/c12-9(13)7-2-1-6(5-8(7)10(14)15)22-19-17-11-3-4-21-20-18-16;/h6-8,11,16H,1-5H2,(H,12,13)(H,14,15);/q;+1/p-1. The second-order valence-corrected chi connectivity index (χ2v) is 6.20. The molecule has 0 amide bonds. The van der Waals surface area contributed by atoms with E-state index in [-0.39, 0.29) is 37.0 Å². The molecule has 0 heterocycles. The van der Waals surface area contributed by atoms with Crippen molar-refractivity contribution in [2.24, 2.45) is 11.8 Å². The Bertz CT molecular complexity index is 365. The van der Waals surface area contributed by atoms with Crippen LogP contribution in [-0.4, -0.2) is 39.7 Å². The van der Waals surface area contributed by atoms with Crippen LogP contribution >= 0.6 is 24.1 Å². The van der Waals surface area contributed by atoms with Crippen LogP contribution in [0.25, 0.3) is 0 Å². The summed E-state index contributed by atoms with van der Waals surface area (Å²) in [6.07, 6.45) is 1.01. The average molecular weight is 365 g/mol. The Labute approximate surface area is 152 Å². The summed E-state index contributed by atoms with van der Waals surface area (Å²) in [5.41, 5.74) is 2.43. The van der Waals surface area contributed by atoms with E-state index in [9.17, 15) is 14.8 Å². The van der Waals surface area contributed by atoms with Gasteiger partial charge in [0.15, 0.2) is 0 Å². The molecule has 0 aliphatic heterocycles. The molecule has 1 rings (SSSR count). The molecule has 0 bridgehead atoms. The minimum Gasteiger partial charge on any atom is -0.691 e. The van der Waals surface area contributed by atoms with Crippen molar-refractivity contribution in [3.63, 3.8) is 0 Å². The summed E-state index contributed by atoms with van der Waals surface area (Å²) in [6.45, 7) is 0.318. The second-order valence-electron chi connectivity index (χ2n) is 4.42. The van der Waals surface area contributed by atoms with E-state index in [1.54, 1.807) is 0 Å². The fourth-order valence-electron chi connectivity index (χ4n) is 2.07. The van der Waals surface area contributed by atoms with E-state index in [4.69, 9.17) is 14.5 Å². The maximum absolute atomic E-state index is 11.1. The molecule has 1 aliphatic carbocycles. The first-order valence-corrected chi connectivity index (χ1v) is 8.03. The monoisotopic (exact) mass is 365 g/mol. The first-order valence-electron chi connectivity index (χ1n) is 6.31. The number of rotatable bonds is 11. The molecule has 0 saturated heterocycles. The van der Waals surface area contributed by atoms with Gasteiger partial charge in [0.05, 0.1) is 11.8 Å². The summed E-state index contributed by atoms with van der Waals surface area (Å²) in [6, 6.07) is 0. The van der Waals surface area contributed by atoms with Gasteiger partial charge in [-0.1, -0.05) is 0 Å². The Kier molecular flexibility index (Phi) is 13.3. The van der Waals surface area contributed by atoms with Gasteiger partial charge in [0.1, 0.15) is 0 Å². The van der Waals surface area contributed by atoms with Crippen LogP contribution in [0.3, 0.4) is 0 Å². The summed E-state index contributed by atoms with van der Waals surface area (Å²) >= 11 is 1.73. The molecule has 3 atom stereocenters. The minimum atomic E-state index is -1.12. The molecule has 10 nitrogen and oxygen atoms in total. The van der Waals surface area contributed by atoms with Gasteiger partial charge in [-0.05, 0) is 19.3 Å². The number of carboxylic acid groups (broad SMARTS) is 2. The van der Waals surface area contributed by atoms with E-state index in [0.29, 0.717) is 18.7 Å². The van der Waals surface area contributed by atoms with Crippen molar-refractivity contribution in [2.75, 3.05) is 12.3 Å². The molecule has 3 unspecified atom stereocenters. The van der Waals surface area contributed by atoms with Gasteiger partial charge in [-0.2, -0.15) is 9.81 Å². The fraction of sp³-hybridized carbons (Fsp3) is 0.800. The molecule has 0 aromatic rings. The molecule has 1 saturated carbocycles. The number of aliphatic carboxylic acids is 2.